The lowest BCUT2D eigenvalue weighted by atomic mass is 10.1. The van der Waals surface area contributed by atoms with Gasteiger partial charge in [0.15, 0.2) is 11.5 Å². The Morgan fingerprint density at radius 3 is 2.39 bits per heavy atom. The average Bonchev–Trinajstić information content (AvgIpc) is 2.68. The summed E-state index contributed by atoms with van der Waals surface area (Å²) in [6.07, 6.45) is -0.0758. The van der Waals surface area contributed by atoms with Gasteiger partial charge in [-0.3, -0.25) is 14.9 Å². The Labute approximate surface area is 159 Å². The second-order valence-corrected chi connectivity index (χ2v) is 5.67. The molecule has 0 amide bonds. The summed E-state index contributed by atoms with van der Waals surface area (Å²) in [6.45, 7) is 0. The fourth-order valence-electron chi connectivity index (χ4n) is 2.38. The minimum atomic E-state index is -1.21. The number of benzene rings is 2. The third kappa shape index (κ3) is 4.74. The Balaban J connectivity index is 2.36. The predicted molar refractivity (Wildman–Crippen MR) is 96.8 cm³/mol. The summed E-state index contributed by atoms with van der Waals surface area (Å²) >= 11 is 0. The van der Waals surface area contributed by atoms with Gasteiger partial charge in [-0.2, -0.15) is 0 Å². The van der Waals surface area contributed by atoms with Crippen molar-refractivity contribution in [1.82, 2.24) is 0 Å². The van der Waals surface area contributed by atoms with Crippen LogP contribution in [0.2, 0.25) is 0 Å². The van der Waals surface area contributed by atoms with Gasteiger partial charge in [0.05, 0.1) is 24.7 Å². The molecule has 10 nitrogen and oxygen atoms in total. The Kier molecular flexibility index (Phi) is 6.51. The molecule has 0 aliphatic heterocycles. The van der Waals surface area contributed by atoms with E-state index in [1.54, 1.807) is 0 Å². The molecule has 10 heteroatoms. The molecule has 148 valence electrons. The van der Waals surface area contributed by atoms with Gasteiger partial charge in [-0.05, 0) is 36.2 Å². The molecule has 0 fully saturated rings. The van der Waals surface area contributed by atoms with Crippen LogP contribution in [-0.2, 0) is 16.0 Å². The van der Waals surface area contributed by atoms with Crippen molar-refractivity contribution in [2.75, 3.05) is 14.2 Å². The van der Waals surface area contributed by atoms with Crippen LogP contribution in [0.5, 0.6) is 17.2 Å². The van der Waals surface area contributed by atoms with Crippen LogP contribution in [0.25, 0.3) is 0 Å². The standard InChI is InChI=1S/C18H18N2O8/c1-26-16-9-11(18(23)27-2)4-6-15(16)28-14-5-3-10(7-12(19)17(21)22)8-13(14)20(24)25/h3-6,8-9,12H,7,19H2,1-2H3,(H,21,22). The van der Waals surface area contributed by atoms with E-state index in [1.807, 2.05) is 0 Å². The van der Waals surface area contributed by atoms with E-state index in [1.165, 1.54) is 50.6 Å². The number of hydrogen-bond donors (Lipinski definition) is 2. The molecule has 0 radical (unpaired) electrons. The van der Waals surface area contributed by atoms with E-state index in [2.05, 4.69) is 4.74 Å². The van der Waals surface area contributed by atoms with Crippen LogP contribution in [0.1, 0.15) is 15.9 Å². The van der Waals surface area contributed by atoms with Crippen LogP contribution in [-0.4, -0.2) is 42.2 Å². The van der Waals surface area contributed by atoms with Gasteiger partial charge in [-0.25, -0.2) is 4.79 Å². The number of carboxylic acid groups (broad SMARTS) is 1. The van der Waals surface area contributed by atoms with Crippen molar-refractivity contribution < 1.29 is 33.8 Å². The number of carbonyl (C=O) groups is 2. The predicted octanol–water partition coefficient (Wildman–Crippen LogP) is 2.14. The molecule has 3 N–H and O–H groups in total. The van der Waals surface area contributed by atoms with Gasteiger partial charge in [0.2, 0.25) is 5.75 Å². The summed E-state index contributed by atoms with van der Waals surface area (Å²) in [4.78, 5) is 33.2. The second-order valence-electron chi connectivity index (χ2n) is 5.67. The lowest BCUT2D eigenvalue weighted by molar-refractivity contribution is -0.385. The van der Waals surface area contributed by atoms with Crippen LogP contribution < -0.4 is 15.2 Å². The molecule has 0 saturated carbocycles. The maximum Gasteiger partial charge on any atom is 0.337 e. The maximum atomic E-state index is 11.6. The minimum absolute atomic E-state index is 0.0758. The molecule has 0 aliphatic carbocycles. The first-order chi connectivity index (χ1) is 13.3. The fourth-order valence-corrected chi connectivity index (χ4v) is 2.38. The molecule has 2 aromatic carbocycles. The molecule has 0 heterocycles. The molecule has 2 rings (SSSR count). The lowest BCUT2D eigenvalue weighted by Gasteiger charge is -2.13. The van der Waals surface area contributed by atoms with Gasteiger partial charge in [0.25, 0.3) is 0 Å². The summed E-state index contributed by atoms with van der Waals surface area (Å²) in [5.41, 5.74) is 5.70. The van der Waals surface area contributed by atoms with Gasteiger partial charge < -0.3 is 25.1 Å². The Bertz CT molecular complexity index is 912. The molecule has 0 spiro atoms. The molecule has 2 aromatic rings. The topological polar surface area (TPSA) is 151 Å². The van der Waals surface area contributed by atoms with Crippen molar-refractivity contribution in [3.63, 3.8) is 0 Å². The van der Waals surface area contributed by atoms with Gasteiger partial charge in [0, 0.05) is 6.07 Å². The van der Waals surface area contributed by atoms with Crippen molar-refractivity contribution in [2.45, 2.75) is 12.5 Å². The quantitative estimate of drug-likeness (QED) is 0.392. The number of hydrogen-bond acceptors (Lipinski definition) is 8. The average molecular weight is 390 g/mol. The number of rotatable bonds is 8. The molecule has 0 aliphatic rings. The Hall–Kier alpha value is -3.66. The molecule has 1 unspecified atom stereocenters. The summed E-state index contributed by atoms with van der Waals surface area (Å²) in [7, 11) is 2.59. The van der Waals surface area contributed by atoms with E-state index in [0.29, 0.717) is 5.56 Å². The molecule has 0 aromatic heterocycles. The molecule has 28 heavy (non-hydrogen) atoms. The summed E-state index contributed by atoms with van der Waals surface area (Å²) < 4.78 is 15.4. The Morgan fingerprint density at radius 2 is 1.82 bits per heavy atom. The second kappa shape index (κ2) is 8.82. The van der Waals surface area contributed by atoms with E-state index in [9.17, 15) is 19.7 Å². The molecule has 1 atom stereocenters. The highest BCUT2D eigenvalue weighted by Gasteiger charge is 2.21. The highest BCUT2D eigenvalue weighted by Crippen LogP contribution is 2.37. The molecular formula is C18H18N2O8. The van der Waals surface area contributed by atoms with E-state index >= 15 is 0 Å². The third-order valence-electron chi connectivity index (χ3n) is 3.80. The van der Waals surface area contributed by atoms with E-state index < -0.39 is 22.9 Å². The number of carbonyl (C=O) groups excluding carboxylic acids is 1. The SMILES string of the molecule is COC(=O)c1ccc(Oc2ccc(CC(N)C(=O)O)cc2[N+](=O)[O-])c(OC)c1. The number of esters is 1. The smallest absolute Gasteiger partial charge is 0.337 e. The molecule has 0 saturated heterocycles. The number of methoxy groups -OCH3 is 2. The monoisotopic (exact) mass is 390 g/mol. The summed E-state index contributed by atoms with van der Waals surface area (Å²) in [5, 5.41) is 20.3. The summed E-state index contributed by atoms with van der Waals surface area (Å²) in [6, 6.07) is 7.08. The van der Waals surface area contributed by atoms with Crippen molar-refractivity contribution in [1.29, 1.82) is 0 Å². The number of nitrogens with two attached hydrogens (primary N) is 1. The summed E-state index contributed by atoms with van der Waals surface area (Å²) in [5.74, 6) is -1.54. The Morgan fingerprint density at radius 1 is 1.14 bits per heavy atom. The highest BCUT2D eigenvalue weighted by atomic mass is 16.6. The van der Waals surface area contributed by atoms with Crippen LogP contribution in [0.4, 0.5) is 5.69 Å². The third-order valence-corrected chi connectivity index (χ3v) is 3.80. The van der Waals surface area contributed by atoms with Crippen LogP contribution in [0, 0.1) is 10.1 Å². The number of ether oxygens (including phenoxy) is 3. The first-order valence-corrected chi connectivity index (χ1v) is 7.96. The number of nitro groups is 1. The maximum absolute atomic E-state index is 11.6. The fraction of sp³-hybridized carbons (Fsp3) is 0.222. The molecule has 0 bridgehead atoms. The first-order valence-electron chi connectivity index (χ1n) is 7.96. The number of nitro benzene ring substituents is 1. The van der Waals surface area contributed by atoms with Crippen molar-refractivity contribution in [3.05, 3.63) is 57.6 Å². The number of nitrogens with zero attached hydrogens (tertiary/aromatic N) is 1. The first kappa shape index (κ1) is 20.6. The van der Waals surface area contributed by atoms with Crippen molar-refractivity contribution >= 4 is 17.6 Å². The highest BCUT2D eigenvalue weighted by molar-refractivity contribution is 5.90. The van der Waals surface area contributed by atoms with Crippen molar-refractivity contribution in [2.24, 2.45) is 5.73 Å². The largest absolute Gasteiger partial charge is 0.493 e. The van der Waals surface area contributed by atoms with Gasteiger partial charge >= 0.3 is 17.6 Å². The van der Waals surface area contributed by atoms with Gasteiger partial charge in [-0.1, -0.05) is 6.07 Å². The van der Waals surface area contributed by atoms with E-state index in [4.69, 9.17) is 20.3 Å². The van der Waals surface area contributed by atoms with Gasteiger partial charge in [-0.15, -0.1) is 0 Å². The zero-order valence-corrected chi connectivity index (χ0v) is 15.1. The molecular weight excluding hydrogens is 372 g/mol. The van der Waals surface area contributed by atoms with Crippen molar-refractivity contribution in [3.8, 4) is 17.2 Å². The van der Waals surface area contributed by atoms with Gasteiger partial charge in [0.1, 0.15) is 6.04 Å². The lowest BCUT2D eigenvalue weighted by Crippen LogP contribution is -2.32. The number of aliphatic carboxylic acids is 1. The van der Waals surface area contributed by atoms with Crippen LogP contribution in [0.15, 0.2) is 36.4 Å². The van der Waals surface area contributed by atoms with E-state index in [-0.39, 0.29) is 34.9 Å². The van der Waals surface area contributed by atoms with Crippen LogP contribution >= 0.6 is 0 Å². The van der Waals surface area contributed by atoms with Crippen LogP contribution in [0.3, 0.4) is 0 Å². The zero-order chi connectivity index (χ0) is 20.8. The van der Waals surface area contributed by atoms with E-state index in [0.717, 1.165) is 0 Å². The zero-order valence-electron chi connectivity index (χ0n) is 15.1. The number of carboxylic acids is 1. The minimum Gasteiger partial charge on any atom is -0.493 e. The normalized spacial score (nSPS) is 11.4.